The van der Waals surface area contributed by atoms with Crippen molar-refractivity contribution >= 4 is 5.78 Å². The van der Waals surface area contributed by atoms with E-state index in [9.17, 15) is 20.1 Å². The summed E-state index contributed by atoms with van der Waals surface area (Å²) in [4.78, 5) is 12.3. The van der Waals surface area contributed by atoms with E-state index in [0.717, 1.165) is 38.5 Å². The molecule has 4 aliphatic rings. The number of aliphatic hydroxyl groups is 3. The van der Waals surface area contributed by atoms with Crippen molar-refractivity contribution in [3.8, 4) is 0 Å². The van der Waals surface area contributed by atoms with Crippen LogP contribution in [0.1, 0.15) is 58.8 Å². The maximum absolute atomic E-state index is 12.3. The first-order chi connectivity index (χ1) is 11.8. The smallest absolute Gasteiger partial charge is 0.161 e. The molecule has 25 heavy (non-hydrogen) atoms. The molecule has 0 heterocycles. The van der Waals surface area contributed by atoms with E-state index in [0.29, 0.717) is 18.3 Å². The van der Waals surface area contributed by atoms with E-state index in [-0.39, 0.29) is 41.2 Å². The van der Waals surface area contributed by atoms with Crippen molar-refractivity contribution in [1.29, 1.82) is 0 Å². The van der Waals surface area contributed by atoms with Gasteiger partial charge in [0.1, 0.15) is 6.61 Å². The summed E-state index contributed by atoms with van der Waals surface area (Å²) in [6.07, 6.45) is 7.67. The summed E-state index contributed by atoms with van der Waals surface area (Å²) in [5, 5.41) is 30.6. The molecular formula is C21H32O4. The number of hydrogen-bond donors (Lipinski definition) is 3. The van der Waals surface area contributed by atoms with Crippen molar-refractivity contribution in [2.45, 2.75) is 71.0 Å². The molecule has 0 aliphatic heterocycles. The van der Waals surface area contributed by atoms with Gasteiger partial charge in [-0.15, -0.1) is 0 Å². The van der Waals surface area contributed by atoms with Gasteiger partial charge in [0.15, 0.2) is 5.78 Å². The summed E-state index contributed by atoms with van der Waals surface area (Å²) in [6.45, 7) is 4.10. The SMILES string of the molecule is C[C@]12C[C@H](O)[C@H]3C(CCC4=C[C@H](O)CC[C@@]43C)[C@@H]1CC[C@@H]2C(=O)CO. The molecule has 4 rings (SSSR count). The molecule has 3 fully saturated rings. The summed E-state index contributed by atoms with van der Waals surface area (Å²) in [5.41, 5.74) is 1.16. The van der Waals surface area contributed by atoms with Crippen molar-refractivity contribution < 1.29 is 20.1 Å². The van der Waals surface area contributed by atoms with Crippen molar-refractivity contribution in [2.75, 3.05) is 6.61 Å². The maximum atomic E-state index is 12.3. The lowest BCUT2D eigenvalue weighted by atomic mass is 9.46. The van der Waals surface area contributed by atoms with Gasteiger partial charge in [0.2, 0.25) is 0 Å². The van der Waals surface area contributed by atoms with Gasteiger partial charge in [-0.25, -0.2) is 0 Å². The normalized spacial score (nSPS) is 52.0. The van der Waals surface area contributed by atoms with Gasteiger partial charge >= 0.3 is 0 Å². The number of carbonyl (C=O) groups excluding carboxylic acids is 1. The number of Topliss-reactive ketones (excluding diaryl/α,β-unsaturated/α-hetero) is 1. The average molecular weight is 348 g/mol. The molecule has 3 N–H and O–H groups in total. The highest BCUT2D eigenvalue weighted by Crippen LogP contribution is 2.66. The highest BCUT2D eigenvalue weighted by atomic mass is 16.3. The Labute approximate surface area is 150 Å². The quantitative estimate of drug-likeness (QED) is 0.670. The molecule has 4 aliphatic carbocycles. The summed E-state index contributed by atoms with van der Waals surface area (Å²) >= 11 is 0. The van der Waals surface area contributed by atoms with E-state index in [1.54, 1.807) is 0 Å². The van der Waals surface area contributed by atoms with Crippen LogP contribution in [-0.2, 0) is 4.79 Å². The minimum absolute atomic E-state index is 0.0119. The lowest BCUT2D eigenvalue weighted by Gasteiger charge is -2.60. The second-order valence-corrected chi connectivity index (χ2v) is 9.58. The highest BCUT2D eigenvalue weighted by Gasteiger charge is 2.62. The number of hydrogen-bond acceptors (Lipinski definition) is 4. The molecule has 0 amide bonds. The van der Waals surface area contributed by atoms with Crippen LogP contribution in [0, 0.1) is 34.5 Å². The van der Waals surface area contributed by atoms with Gasteiger partial charge in [0.25, 0.3) is 0 Å². The van der Waals surface area contributed by atoms with Gasteiger partial charge in [0.05, 0.1) is 12.2 Å². The topological polar surface area (TPSA) is 77.8 Å². The molecule has 0 aromatic rings. The monoisotopic (exact) mass is 348 g/mol. The maximum Gasteiger partial charge on any atom is 0.161 e. The molecule has 0 bridgehead atoms. The first-order valence-corrected chi connectivity index (χ1v) is 10.0. The number of allylic oxidation sites excluding steroid dienone is 1. The van der Waals surface area contributed by atoms with Crippen molar-refractivity contribution in [3.63, 3.8) is 0 Å². The minimum Gasteiger partial charge on any atom is -0.393 e. The molecule has 140 valence electrons. The first-order valence-electron chi connectivity index (χ1n) is 10.0. The molecule has 0 radical (unpaired) electrons. The second kappa shape index (κ2) is 5.90. The van der Waals surface area contributed by atoms with Crippen molar-refractivity contribution in [1.82, 2.24) is 0 Å². The zero-order valence-electron chi connectivity index (χ0n) is 15.4. The van der Waals surface area contributed by atoms with Crippen LogP contribution in [0.25, 0.3) is 0 Å². The molecule has 8 atom stereocenters. The summed E-state index contributed by atoms with van der Waals surface area (Å²) in [6, 6.07) is 0. The van der Waals surface area contributed by atoms with Gasteiger partial charge in [-0.3, -0.25) is 4.79 Å². The van der Waals surface area contributed by atoms with Gasteiger partial charge in [-0.2, -0.15) is 0 Å². The molecule has 1 unspecified atom stereocenters. The van der Waals surface area contributed by atoms with Crippen LogP contribution in [0.5, 0.6) is 0 Å². The largest absolute Gasteiger partial charge is 0.393 e. The van der Waals surface area contributed by atoms with Crippen LogP contribution >= 0.6 is 0 Å². The Morgan fingerprint density at radius 2 is 1.96 bits per heavy atom. The summed E-state index contributed by atoms with van der Waals surface area (Å²) in [7, 11) is 0. The number of fused-ring (bicyclic) bond motifs is 5. The van der Waals surface area contributed by atoms with Crippen LogP contribution in [0.4, 0.5) is 0 Å². The van der Waals surface area contributed by atoms with Gasteiger partial charge < -0.3 is 15.3 Å². The standard InChI is InChI=1S/C21H32O4/c1-20-8-7-13(23)9-12(20)3-4-14-15-5-6-16(18(25)11-22)21(15,2)10-17(24)19(14)20/h9,13-17,19,22-24H,3-8,10-11H2,1-2H3/t13-,14?,15+,16-,17+,19-,20+,21+/m1/s1. The Balaban J connectivity index is 1.69. The van der Waals surface area contributed by atoms with Crippen LogP contribution in [0.2, 0.25) is 0 Å². The first kappa shape index (κ1) is 17.7. The predicted molar refractivity (Wildman–Crippen MR) is 94.7 cm³/mol. The third-order valence-electron chi connectivity index (χ3n) is 8.56. The number of aliphatic hydroxyl groups excluding tert-OH is 3. The number of carbonyl (C=O) groups is 1. The van der Waals surface area contributed by atoms with E-state index in [1.807, 2.05) is 6.08 Å². The fourth-order valence-electron chi connectivity index (χ4n) is 7.48. The average Bonchev–Trinajstić information content (AvgIpc) is 2.91. The molecule has 4 nitrogen and oxygen atoms in total. The molecule has 0 spiro atoms. The second-order valence-electron chi connectivity index (χ2n) is 9.58. The Morgan fingerprint density at radius 3 is 2.68 bits per heavy atom. The summed E-state index contributed by atoms with van der Waals surface area (Å²) in [5.74, 6) is 1.00. The molecular weight excluding hydrogens is 316 g/mol. The van der Waals surface area contributed by atoms with E-state index in [4.69, 9.17) is 0 Å². The number of ketones is 1. The predicted octanol–water partition coefficient (Wildman–Crippen LogP) is 2.46. The number of rotatable bonds is 2. The lowest BCUT2D eigenvalue weighted by molar-refractivity contribution is -0.145. The van der Waals surface area contributed by atoms with Crippen LogP contribution in [0.15, 0.2) is 11.6 Å². The van der Waals surface area contributed by atoms with Gasteiger partial charge in [-0.05, 0) is 73.5 Å². The fourth-order valence-corrected chi connectivity index (χ4v) is 7.48. The fraction of sp³-hybridized carbons (Fsp3) is 0.857. The zero-order valence-corrected chi connectivity index (χ0v) is 15.4. The van der Waals surface area contributed by atoms with E-state index < -0.39 is 6.10 Å². The van der Waals surface area contributed by atoms with Crippen LogP contribution in [-0.4, -0.2) is 39.9 Å². The molecule has 0 saturated heterocycles. The Hall–Kier alpha value is -0.710. The molecule has 3 saturated carbocycles. The van der Waals surface area contributed by atoms with Gasteiger partial charge in [-0.1, -0.05) is 25.5 Å². The molecule has 0 aromatic heterocycles. The third kappa shape index (κ3) is 2.40. The van der Waals surface area contributed by atoms with E-state index >= 15 is 0 Å². The van der Waals surface area contributed by atoms with Crippen molar-refractivity contribution in [3.05, 3.63) is 11.6 Å². The highest BCUT2D eigenvalue weighted by molar-refractivity contribution is 5.83. The van der Waals surface area contributed by atoms with Gasteiger partial charge in [0, 0.05) is 5.92 Å². The van der Waals surface area contributed by atoms with Crippen LogP contribution in [0.3, 0.4) is 0 Å². The van der Waals surface area contributed by atoms with E-state index in [1.165, 1.54) is 5.57 Å². The third-order valence-corrected chi connectivity index (χ3v) is 8.56. The van der Waals surface area contributed by atoms with Crippen LogP contribution < -0.4 is 0 Å². The van der Waals surface area contributed by atoms with E-state index in [2.05, 4.69) is 13.8 Å². The Morgan fingerprint density at radius 1 is 1.20 bits per heavy atom. The molecule has 0 aromatic carbocycles. The molecule has 4 heteroatoms. The Kier molecular flexibility index (Phi) is 4.17. The van der Waals surface area contributed by atoms with Crippen molar-refractivity contribution in [2.24, 2.45) is 34.5 Å². The zero-order chi connectivity index (χ0) is 18.0. The Bertz CT molecular complexity index is 599. The summed E-state index contributed by atoms with van der Waals surface area (Å²) < 4.78 is 0. The minimum atomic E-state index is -0.401. The lowest BCUT2D eigenvalue weighted by Crippen LogP contribution is -2.57.